The summed E-state index contributed by atoms with van der Waals surface area (Å²) >= 11 is 0. The van der Waals surface area contributed by atoms with Crippen molar-refractivity contribution in [2.24, 2.45) is 5.73 Å². The van der Waals surface area contributed by atoms with Crippen molar-refractivity contribution in [1.82, 2.24) is 9.78 Å². The first-order chi connectivity index (χ1) is 7.25. The van der Waals surface area contributed by atoms with Crippen LogP contribution < -0.4 is 5.73 Å². The lowest BCUT2D eigenvalue weighted by Crippen LogP contribution is -2.29. The van der Waals surface area contributed by atoms with Gasteiger partial charge in [0.1, 0.15) is 0 Å². The molecule has 0 aliphatic rings. The largest absolute Gasteiger partial charge is 0.380 e. The van der Waals surface area contributed by atoms with Gasteiger partial charge in [-0.05, 0) is 19.9 Å². The van der Waals surface area contributed by atoms with E-state index in [-0.39, 0.29) is 0 Å². The number of carbonyl (C=O) groups excluding carboxylic acids is 1. The van der Waals surface area contributed by atoms with Crippen LogP contribution in [-0.2, 0) is 0 Å². The highest BCUT2D eigenvalue weighted by molar-refractivity contribution is 6.36. The van der Waals surface area contributed by atoms with Gasteiger partial charge in [-0.3, -0.25) is 10.2 Å². The monoisotopic (exact) mass is 229 g/mol. The molecule has 9 nitrogen and oxygen atoms in total. The number of nitrogens with one attached hydrogen (secondary N) is 1. The Labute approximate surface area is 90.1 Å². The van der Waals surface area contributed by atoms with Gasteiger partial charge in [0.15, 0.2) is 5.84 Å². The summed E-state index contributed by atoms with van der Waals surface area (Å²) in [6, 6.07) is 1.75. The molecule has 0 aliphatic carbocycles. The molecule has 0 fully saturated rings. The highest BCUT2D eigenvalue weighted by Crippen LogP contribution is 2.00. The molecule has 0 aliphatic heterocycles. The lowest BCUT2D eigenvalue weighted by molar-refractivity contribution is -0.742. The third-order valence-corrected chi connectivity index (χ3v) is 1.43. The van der Waals surface area contributed by atoms with Gasteiger partial charge < -0.3 is 10.9 Å². The average Bonchev–Trinajstić information content (AvgIpc) is 2.42. The lowest BCUT2D eigenvalue weighted by atomic mass is 10.4. The Bertz CT molecular complexity index is 420. The van der Waals surface area contributed by atoms with Crippen LogP contribution in [0.15, 0.2) is 6.07 Å². The molecular formula is C7H11N5O4. The molecule has 0 radical (unpaired) electrons. The first-order valence-corrected chi connectivity index (χ1v) is 4.01. The summed E-state index contributed by atoms with van der Waals surface area (Å²) in [6.07, 6.45) is 0. The zero-order valence-electron chi connectivity index (χ0n) is 8.67. The van der Waals surface area contributed by atoms with E-state index in [9.17, 15) is 4.79 Å². The number of carbonyl (C=O) groups is 1. The summed E-state index contributed by atoms with van der Waals surface area (Å²) in [6.45, 7) is 3.51. The van der Waals surface area contributed by atoms with Crippen LogP contribution in [0.2, 0.25) is 0 Å². The fraction of sp³-hybridized carbons (Fsp3) is 0.286. The van der Waals surface area contributed by atoms with Gasteiger partial charge in [-0.15, -0.1) is 10.1 Å². The molecule has 0 aromatic carbocycles. The Balaban J connectivity index is 0.000000487. The van der Waals surface area contributed by atoms with Crippen LogP contribution in [0.25, 0.3) is 0 Å². The molecular weight excluding hydrogens is 218 g/mol. The molecule has 1 aromatic rings. The fourth-order valence-electron chi connectivity index (χ4n) is 0.949. The van der Waals surface area contributed by atoms with Gasteiger partial charge in [-0.1, -0.05) is 0 Å². The number of nitrogens with zero attached hydrogens (tertiary/aromatic N) is 3. The van der Waals surface area contributed by atoms with E-state index in [0.717, 1.165) is 10.4 Å². The third-order valence-electron chi connectivity index (χ3n) is 1.43. The van der Waals surface area contributed by atoms with E-state index < -0.39 is 16.8 Å². The molecule has 16 heavy (non-hydrogen) atoms. The van der Waals surface area contributed by atoms with Crippen molar-refractivity contribution < 1.29 is 15.1 Å². The molecule has 0 amide bonds. The molecule has 0 saturated carbocycles. The summed E-state index contributed by atoms with van der Waals surface area (Å²) in [4.78, 5) is 19.5. The summed E-state index contributed by atoms with van der Waals surface area (Å²) < 4.78 is 1.12. The zero-order valence-corrected chi connectivity index (χ0v) is 8.67. The van der Waals surface area contributed by atoms with Gasteiger partial charge in [0, 0.05) is 5.69 Å². The number of amidine groups is 1. The minimum atomic E-state index is -1.50. The molecule has 1 heterocycles. The topological polar surface area (TPSA) is 148 Å². The maximum absolute atomic E-state index is 11.1. The van der Waals surface area contributed by atoms with Gasteiger partial charge in [0.25, 0.3) is 5.09 Å². The Kier molecular flexibility index (Phi) is 4.60. The van der Waals surface area contributed by atoms with Gasteiger partial charge in [0.2, 0.25) is 0 Å². The highest BCUT2D eigenvalue weighted by atomic mass is 16.9. The molecule has 0 spiro atoms. The molecule has 9 heteroatoms. The molecule has 0 atom stereocenters. The normalized spacial score (nSPS) is 8.88. The van der Waals surface area contributed by atoms with E-state index >= 15 is 0 Å². The number of aromatic nitrogens is 2. The van der Waals surface area contributed by atoms with E-state index in [1.165, 1.54) is 0 Å². The van der Waals surface area contributed by atoms with E-state index in [0.29, 0.717) is 5.69 Å². The quantitative estimate of drug-likeness (QED) is 0.241. The summed E-state index contributed by atoms with van der Waals surface area (Å²) in [5.74, 6) is -1.08. The van der Waals surface area contributed by atoms with Gasteiger partial charge >= 0.3 is 5.91 Å². The van der Waals surface area contributed by atoms with Crippen LogP contribution in [0.3, 0.4) is 0 Å². The molecule has 4 N–H and O–H groups in total. The van der Waals surface area contributed by atoms with Crippen molar-refractivity contribution in [2.45, 2.75) is 13.8 Å². The van der Waals surface area contributed by atoms with Gasteiger partial charge in [0.05, 0.1) is 5.69 Å². The zero-order chi connectivity index (χ0) is 12.9. The van der Waals surface area contributed by atoms with E-state index in [1.807, 2.05) is 0 Å². The number of rotatable bonds is 0. The smallest absolute Gasteiger partial charge is 0.312 e. The maximum Gasteiger partial charge on any atom is 0.312 e. The first kappa shape index (κ1) is 13.6. The average molecular weight is 229 g/mol. The minimum Gasteiger partial charge on any atom is -0.380 e. The van der Waals surface area contributed by atoms with Crippen molar-refractivity contribution in [1.29, 1.82) is 5.41 Å². The van der Waals surface area contributed by atoms with Crippen LogP contribution in [0, 0.1) is 29.4 Å². The molecule has 1 rings (SSSR count). The molecule has 0 bridgehead atoms. The minimum absolute atomic E-state index is 0.499. The van der Waals surface area contributed by atoms with Crippen LogP contribution in [0.1, 0.15) is 16.2 Å². The molecule has 88 valence electrons. The highest BCUT2D eigenvalue weighted by Gasteiger charge is 2.11. The van der Waals surface area contributed by atoms with Gasteiger partial charge in [-0.2, -0.15) is 9.78 Å². The molecule has 0 unspecified atom stereocenters. The van der Waals surface area contributed by atoms with Crippen molar-refractivity contribution in [3.05, 3.63) is 27.6 Å². The SMILES string of the molecule is Cc1cc(C)n(C(=O)C(=N)N)n1.O=[N+]([O-])O. The Hall–Kier alpha value is -2.45. The van der Waals surface area contributed by atoms with Crippen LogP contribution in [0.4, 0.5) is 0 Å². The number of aryl methyl sites for hydroxylation is 2. The lowest BCUT2D eigenvalue weighted by Gasteiger charge is -1.98. The third kappa shape index (κ3) is 4.17. The summed E-state index contributed by atoms with van der Waals surface area (Å²) in [5.41, 5.74) is 6.44. The van der Waals surface area contributed by atoms with Crippen molar-refractivity contribution in [3.63, 3.8) is 0 Å². The summed E-state index contributed by atoms with van der Waals surface area (Å²) in [5, 5.41) is 24.4. The predicted octanol–water partition coefficient (Wildman–Crippen LogP) is -0.272. The van der Waals surface area contributed by atoms with Crippen LogP contribution in [-0.4, -0.2) is 31.8 Å². The number of nitrogens with two attached hydrogens (primary N) is 1. The second-order valence-corrected chi connectivity index (χ2v) is 2.80. The Morgan fingerprint density at radius 2 is 2.12 bits per heavy atom. The van der Waals surface area contributed by atoms with E-state index in [4.69, 9.17) is 26.5 Å². The van der Waals surface area contributed by atoms with Gasteiger partial charge in [-0.25, -0.2) is 0 Å². The van der Waals surface area contributed by atoms with Crippen molar-refractivity contribution >= 4 is 11.7 Å². The van der Waals surface area contributed by atoms with Crippen molar-refractivity contribution in [2.75, 3.05) is 0 Å². The number of hydrogen-bond donors (Lipinski definition) is 3. The van der Waals surface area contributed by atoms with Crippen LogP contribution >= 0.6 is 0 Å². The fourth-order valence-corrected chi connectivity index (χ4v) is 0.949. The number of hydrogen-bond acceptors (Lipinski definition) is 5. The van der Waals surface area contributed by atoms with Crippen molar-refractivity contribution in [3.8, 4) is 0 Å². The van der Waals surface area contributed by atoms with E-state index in [2.05, 4.69) is 5.10 Å². The van der Waals surface area contributed by atoms with E-state index in [1.54, 1.807) is 19.9 Å². The Morgan fingerprint density at radius 1 is 1.69 bits per heavy atom. The second kappa shape index (κ2) is 5.44. The van der Waals surface area contributed by atoms with Crippen LogP contribution in [0.5, 0.6) is 0 Å². The first-order valence-electron chi connectivity index (χ1n) is 4.01. The summed E-state index contributed by atoms with van der Waals surface area (Å²) in [7, 11) is 0. The molecule has 1 aromatic heterocycles. The maximum atomic E-state index is 11.1. The standard InChI is InChI=1S/C7H10N4O.HNO3/c1-4-3-5(2)11(10-4)7(12)6(8)9;2-1(3)4/h3H,1-2H3,(H3,8,9);(H,2,3,4). The predicted molar refractivity (Wildman–Crippen MR) is 53.0 cm³/mol. The molecule has 0 saturated heterocycles. The second-order valence-electron chi connectivity index (χ2n) is 2.80. The Morgan fingerprint density at radius 3 is 2.38 bits per heavy atom.